The van der Waals surface area contributed by atoms with Gasteiger partial charge in [-0.1, -0.05) is 23.7 Å². The molecule has 2 aromatic rings. The van der Waals surface area contributed by atoms with Crippen molar-refractivity contribution in [1.82, 2.24) is 5.32 Å². The monoisotopic (exact) mass is 440 g/mol. The SMILES string of the molecule is COc1ccc(CNC(=O)CCCN(c2ccc(OC)c(Cl)c2)S(C)(=O)=O)cc1. The summed E-state index contributed by atoms with van der Waals surface area (Å²) in [6.07, 6.45) is 1.69. The molecule has 9 heteroatoms. The highest BCUT2D eigenvalue weighted by Gasteiger charge is 2.19. The molecule has 0 bridgehead atoms. The molecule has 0 heterocycles. The summed E-state index contributed by atoms with van der Waals surface area (Å²) in [5.41, 5.74) is 1.38. The summed E-state index contributed by atoms with van der Waals surface area (Å²) in [6.45, 7) is 0.560. The van der Waals surface area contributed by atoms with Crippen LogP contribution in [0.3, 0.4) is 0 Å². The normalized spacial score (nSPS) is 11.0. The first kappa shape index (κ1) is 22.8. The predicted molar refractivity (Wildman–Crippen MR) is 114 cm³/mol. The number of carbonyl (C=O) groups excluding carboxylic acids is 1. The Balaban J connectivity index is 1.90. The van der Waals surface area contributed by atoms with Gasteiger partial charge < -0.3 is 14.8 Å². The van der Waals surface area contributed by atoms with E-state index in [0.717, 1.165) is 17.6 Å². The first-order valence-electron chi connectivity index (χ1n) is 8.95. The summed E-state index contributed by atoms with van der Waals surface area (Å²) in [5.74, 6) is 1.06. The number of anilines is 1. The molecule has 0 saturated carbocycles. The number of rotatable bonds is 10. The van der Waals surface area contributed by atoms with Crippen LogP contribution in [-0.2, 0) is 21.4 Å². The van der Waals surface area contributed by atoms with Crippen molar-refractivity contribution in [3.05, 3.63) is 53.1 Å². The molecule has 0 atom stereocenters. The first-order chi connectivity index (χ1) is 13.7. The van der Waals surface area contributed by atoms with Crippen molar-refractivity contribution in [3.63, 3.8) is 0 Å². The second-order valence-electron chi connectivity index (χ2n) is 6.38. The van der Waals surface area contributed by atoms with Gasteiger partial charge in [-0.3, -0.25) is 9.10 Å². The van der Waals surface area contributed by atoms with Crippen LogP contribution in [0.2, 0.25) is 5.02 Å². The van der Waals surface area contributed by atoms with Crippen molar-refractivity contribution < 1.29 is 22.7 Å². The number of sulfonamides is 1. The maximum atomic E-state index is 12.2. The summed E-state index contributed by atoms with van der Waals surface area (Å²) in [7, 11) is -0.444. The number of halogens is 1. The summed E-state index contributed by atoms with van der Waals surface area (Å²) < 4.78 is 35.8. The Labute approximate surface area is 176 Å². The number of ether oxygens (including phenoxy) is 2. The van der Waals surface area contributed by atoms with Gasteiger partial charge in [0.2, 0.25) is 15.9 Å². The molecule has 0 aliphatic heterocycles. The highest BCUT2D eigenvalue weighted by molar-refractivity contribution is 7.92. The summed E-state index contributed by atoms with van der Waals surface area (Å²) in [4.78, 5) is 12.1. The molecule has 0 fully saturated rings. The Hall–Kier alpha value is -2.45. The minimum absolute atomic E-state index is 0.151. The number of nitrogens with one attached hydrogen (secondary N) is 1. The second-order valence-corrected chi connectivity index (χ2v) is 8.70. The predicted octanol–water partition coefficient (Wildman–Crippen LogP) is 3.22. The van der Waals surface area contributed by atoms with Crippen LogP contribution in [0, 0.1) is 0 Å². The van der Waals surface area contributed by atoms with Crippen LogP contribution in [0.1, 0.15) is 18.4 Å². The zero-order valence-corrected chi connectivity index (χ0v) is 18.2. The topological polar surface area (TPSA) is 84.9 Å². The standard InChI is InChI=1S/C20H25ClN2O5S/c1-27-17-9-6-15(7-10-17)14-22-20(24)5-4-12-23(29(3,25)26)16-8-11-19(28-2)18(21)13-16/h6-11,13H,4-5,12,14H2,1-3H3,(H,22,24). The summed E-state index contributed by atoms with van der Waals surface area (Å²) in [5, 5.41) is 3.14. The third-order valence-electron chi connectivity index (χ3n) is 4.24. The number of hydrogen-bond donors (Lipinski definition) is 1. The fourth-order valence-electron chi connectivity index (χ4n) is 2.71. The maximum Gasteiger partial charge on any atom is 0.232 e. The minimum atomic E-state index is -3.52. The third-order valence-corrected chi connectivity index (χ3v) is 5.73. The molecule has 0 aliphatic carbocycles. The van der Waals surface area contributed by atoms with E-state index in [2.05, 4.69) is 5.32 Å². The van der Waals surface area contributed by atoms with Crippen LogP contribution < -0.4 is 19.1 Å². The van der Waals surface area contributed by atoms with Crippen molar-refractivity contribution >= 4 is 33.2 Å². The van der Waals surface area contributed by atoms with Gasteiger partial charge in [0.15, 0.2) is 0 Å². The number of nitrogens with zero attached hydrogens (tertiary/aromatic N) is 1. The molecule has 0 radical (unpaired) electrons. The smallest absolute Gasteiger partial charge is 0.232 e. The van der Waals surface area contributed by atoms with E-state index in [9.17, 15) is 13.2 Å². The lowest BCUT2D eigenvalue weighted by molar-refractivity contribution is -0.121. The highest BCUT2D eigenvalue weighted by Crippen LogP contribution is 2.30. The average molecular weight is 441 g/mol. The van der Waals surface area contributed by atoms with E-state index in [0.29, 0.717) is 29.4 Å². The molecule has 29 heavy (non-hydrogen) atoms. The van der Waals surface area contributed by atoms with Crippen LogP contribution in [0.25, 0.3) is 0 Å². The molecule has 7 nitrogen and oxygen atoms in total. The van der Waals surface area contributed by atoms with Crippen LogP contribution in [-0.4, -0.2) is 41.3 Å². The number of amides is 1. The Bertz CT molecular complexity index is 932. The van der Waals surface area contributed by atoms with Gasteiger partial charge in [0.25, 0.3) is 0 Å². The van der Waals surface area contributed by atoms with Gasteiger partial charge in [0.1, 0.15) is 11.5 Å². The molecule has 2 aromatic carbocycles. The van der Waals surface area contributed by atoms with E-state index in [1.807, 2.05) is 24.3 Å². The second kappa shape index (κ2) is 10.4. The molecule has 0 unspecified atom stereocenters. The zero-order chi connectivity index (χ0) is 21.4. The molecule has 0 aliphatic rings. The number of hydrogen-bond acceptors (Lipinski definition) is 5. The molecule has 1 N–H and O–H groups in total. The average Bonchev–Trinajstić information content (AvgIpc) is 2.69. The van der Waals surface area contributed by atoms with Crippen LogP contribution >= 0.6 is 11.6 Å². The molecular formula is C20H25ClN2O5S. The summed E-state index contributed by atoms with van der Waals surface area (Å²) >= 11 is 6.11. The van der Waals surface area contributed by atoms with E-state index >= 15 is 0 Å². The van der Waals surface area contributed by atoms with Gasteiger partial charge in [-0.2, -0.15) is 0 Å². The highest BCUT2D eigenvalue weighted by atomic mass is 35.5. The molecular weight excluding hydrogens is 416 g/mol. The first-order valence-corrected chi connectivity index (χ1v) is 11.2. The summed E-state index contributed by atoms with van der Waals surface area (Å²) in [6, 6.07) is 12.2. The molecule has 2 rings (SSSR count). The lowest BCUT2D eigenvalue weighted by Gasteiger charge is -2.23. The fourth-order valence-corrected chi connectivity index (χ4v) is 3.92. The van der Waals surface area contributed by atoms with Gasteiger partial charge in [-0.15, -0.1) is 0 Å². The van der Waals surface area contributed by atoms with Crippen molar-refractivity contribution in [2.24, 2.45) is 0 Å². The van der Waals surface area contributed by atoms with Crippen LogP contribution in [0.4, 0.5) is 5.69 Å². The molecule has 0 saturated heterocycles. The molecule has 1 amide bonds. The Morgan fingerprint density at radius 2 is 1.79 bits per heavy atom. The van der Waals surface area contributed by atoms with Gasteiger partial charge in [-0.25, -0.2) is 8.42 Å². The van der Waals surface area contributed by atoms with E-state index in [1.54, 1.807) is 19.2 Å². The Morgan fingerprint density at radius 1 is 1.10 bits per heavy atom. The van der Waals surface area contributed by atoms with Gasteiger partial charge in [0.05, 0.1) is 31.2 Å². The van der Waals surface area contributed by atoms with Crippen LogP contribution in [0.5, 0.6) is 11.5 Å². The van der Waals surface area contributed by atoms with E-state index < -0.39 is 10.0 Å². The van der Waals surface area contributed by atoms with Crippen molar-refractivity contribution in [2.45, 2.75) is 19.4 Å². The van der Waals surface area contributed by atoms with Gasteiger partial charge >= 0.3 is 0 Å². The lowest BCUT2D eigenvalue weighted by Crippen LogP contribution is -2.32. The molecule has 0 aromatic heterocycles. The third kappa shape index (κ3) is 6.83. The number of carbonyl (C=O) groups is 1. The number of methoxy groups -OCH3 is 2. The van der Waals surface area contributed by atoms with Gasteiger partial charge in [-0.05, 0) is 42.3 Å². The van der Waals surface area contributed by atoms with Crippen molar-refractivity contribution in [2.75, 3.05) is 31.3 Å². The Kier molecular flexibility index (Phi) is 8.16. The van der Waals surface area contributed by atoms with E-state index in [-0.39, 0.29) is 18.9 Å². The van der Waals surface area contributed by atoms with Crippen molar-refractivity contribution in [3.8, 4) is 11.5 Å². The van der Waals surface area contributed by atoms with Gasteiger partial charge in [0, 0.05) is 19.5 Å². The molecule has 0 spiro atoms. The largest absolute Gasteiger partial charge is 0.497 e. The van der Waals surface area contributed by atoms with E-state index in [4.69, 9.17) is 21.1 Å². The van der Waals surface area contributed by atoms with E-state index in [1.165, 1.54) is 17.5 Å². The minimum Gasteiger partial charge on any atom is -0.497 e. The zero-order valence-electron chi connectivity index (χ0n) is 16.6. The fraction of sp³-hybridized carbons (Fsp3) is 0.350. The lowest BCUT2D eigenvalue weighted by atomic mass is 10.2. The maximum absolute atomic E-state index is 12.2. The quantitative estimate of drug-likeness (QED) is 0.613. The number of benzene rings is 2. The van der Waals surface area contributed by atoms with Crippen LogP contribution in [0.15, 0.2) is 42.5 Å². The Morgan fingerprint density at radius 3 is 2.34 bits per heavy atom. The molecule has 158 valence electrons. The van der Waals surface area contributed by atoms with Crippen molar-refractivity contribution in [1.29, 1.82) is 0 Å².